The van der Waals surface area contributed by atoms with Crippen LogP contribution in [0.25, 0.3) is 0 Å². The van der Waals surface area contributed by atoms with E-state index in [-0.39, 0.29) is 11.4 Å². The lowest BCUT2D eigenvalue weighted by atomic mass is 9.95. The van der Waals surface area contributed by atoms with E-state index < -0.39 is 0 Å². The summed E-state index contributed by atoms with van der Waals surface area (Å²) >= 11 is 0. The Balaban J connectivity index is 2.59. The van der Waals surface area contributed by atoms with Gasteiger partial charge in [-0.05, 0) is 32.9 Å². The Morgan fingerprint density at radius 2 is 2.12 bits per heavy atom. The molecule has 3 heteroatoms. The van der Waals surface area contributed by atoms with Crippen LogP contribution in [0.3, 0.4) is 0 Å². The predicted octanol–water partition coefficient (Wildman–Crippen LogP) is 2.61. The molecular formula is C13H16O3. The van der Waals surface area contributed by atoms with Crippen molar-refractivity contribution >= 4 is 5.78 Å². The van der Waals surface area contributed by atoms with Gasteiger partial charge in [-0.15, -0.1) is 0 Å². The zero-order chi connectivity index (χ0) is 11.9. The van der Waals surface area contributed by atoms with Crippen LogP contribution in [0.1, 0.15) is 36.7 Å². The highest BCUT2D eigenvalue weighted by atomic mass is 16.5. The summed E-state index contributed by atoms with van der Waals surface area (Å²) in [7, 11) is 1.61. The van der Waals surface area contributed by atoms with Crippen LogP contribution in [0, 0.1) is 0 Å². The van der Waals surface area contributed by atoms with Crippen molar-refractivity contribution in [3.8, 4) is 11.5 Å². The number of fused-ring (bicyclic) bond motifs is 1. The van der Waals surface area contributed by atoms with E-state index in [4.69, 9.17) is 9.47 Å². The number of ketones is 1. The summed E-state index contributed by atoms with van der Waals surface area (Å²) in [4.78, 5) is 11.5. The zero-order valence-electron chi connectivity index (χ0n) is 10.1. The topological polar surface area (TPSA) is 35.5 Å². The number of benzene rings is 1. The first kappa shape index (κ1) is 11.0. The lowest BCUT2D eigenvalue weighted by Crippen LogP contribution is -2.25. The van der Waals surface area contributed by atoms with Gasteiger partial charge in [-0.2, -0.15) is 0 Å². The van der Waals surface area contributed by atoms with E-state index in [1.54, 1.807) is 20.1 Å². The average Bonchev–Trinajstić information content (AvgIpc) is 2.50. The van der Waals surface area contributed by atoms with Crippen molar-refractivity contribution in [3.05, 3.63) is 23.3 Å². The van der Waals surface area contributed by atoms with Gasteiger partial charge in [-0.3, -0.25) is 4.79 Å². The number of carbonyl (C=O) groups is 1. The van der Waals surface area contributed by atoms with Crippen molar-refractivity contribution in [2.45, 2.75) is 32.8 Å². The Labute approximate surface area is 95.4 Å². The summed E-state index contributed by atoms with van der Waals surface area (Å²) in [5.74, 6) is 1.49. The molecule has 1 aliphatic rings. The first-order valence-corrected chi connectivity index (χ1v) is 5.34. The van der Waals surface area contributed by atoms with Crippen LogP contribution >= 0.6 is 0 Å². The molecule has 1 aliphatic heterocycles. The van der Waals surface area contributed by atoms with Crippen LogP contribution in [0.2, 0.25) is 0 Å². The molecule has 1 aromatic rings. The van der Waals surface area contributed by atoms with Gasteiger partial charge in [-0.25, -0.2) is 0 Å². The molecule has 86 valence electrons. The largest absolute Gasteiger partial charge is 0.493 e. The number of rotatable bonds is 2. The highest BCUT2D eigenvalue weighted by Gasteiger charge is 2.34. The van der Waals surface area contributed by atoms with Gasteiger partial charge < -0.3 is 9.47 Å². The van der Waals surface area contributed by atoms with Gasteiger partial charge in [0.15, 0.2) is 17.3 Å². The van der Waals surface area contributed by atoms with Gasteiger partial charge in [0, 0.05) is 17.5 Å². The van der Waals surface area contributed by atoms with E-state index in [2.05, 4.69) is 0 Å². The van der Waals surface area contributed by atoms with Crippen molar-refractivity contribution in [3.63, 3.8) is 0 Å². The Morgan fingerprint density at radius 3 is 2.69 bits per heavy atom. The molecule has 1 heterocycles. The van der Waals surface area contributed by atoms with E-state index in [1.165, 1.54) is 0 Å². The summed E-state index contributed by atoms with van der Waals surface area (Å²) in [5, 5.41) is 0. The van der Waals surface area contributed by atoms with E-state index in [0.29, 0.717) is 5.75 Å². The Hall–Kier alpha value is -1.51. The predicted molar refractivity (Wildman–Crippen MR) is 61.4 cm³/mol. The molecular weight excluding hydrogens is 204 g/mol. The maximum atomic E-state index is 11.5. The molecule has 0 radical (unpaired) electrons. The zero-order valence-corrected chi connectivity index (χ0v) is 10.1. The van der Waals surface area contributed by atoms with Gasteiger partial charge in [0.25, 0.3) is 0 Å². The molecule has 0 aromatic heterocycles. The van der Waals surface area contributed by atoms with Crippen LogP contribution in [0.15, 0.2) is 12.1 Å². The summed E-state index contributed by atoms with van der Waals surface area (Å²) < 4.78 is 11.1. The molecule has 0 unspecified atom stereocenters. The summed E-state index contributed by atoms with van der Waals surface area (Å²) in [6, 6.07) is 3.60. The number of ether oxygens (including phenoxy) is 2. The van der Waals surface area contributed by atoms with Crippen molar-refractivity contribution in [2.24, 2.45) is 0 Å². The van der Waals surface area contributed by atoms with E-state index >= 15 is 0 Å². The number of carbonyl (C=O) groups excluding carboxylic acids is 1. The smallest absolute Gasteiger partial charge is 0.166 e. The molecule has 0 atom stereocenters. The molecule has 0 spiro atoms. The van der Waals surface area contributed by atoms with Gasteiger partial charge in [-0.1, -0.05) is 0 Å². The SMILES string of the molecule is COc1ccc(C(C)=O)c2c1OC(C)(C)C2. The molecule has 0 amide bonds. The van der Waals surface area contributed by atoms with Crippen LogP contribution in [0.4, 0.5) is 0 Å². The van der Waals surface area contributed by atoms with Crippen LogP contribution in [0.5, 0.6) is 11.5 Å². The minimum absolute atomic E-state index is 0.0696. The molecule has 1 aromatic carbocycles. The van der Waals surface area contributed by atoms with Crippen LogP contribution < -0.4 is 9.47 Å². The molecule has 0 saturated heterocycles. The second-order valence-electron chi connectivity index (χ2n) is 4.72. The summed E-state index contributed by atoms with van der Waals surface area (Å²) in [6.07, 6.45) is 0.744. The minimum Gasteiger partial charge on any atom is -0.493 e. The summed E-state index contributed by atoms with van der Waals surface area (Å²) in [5.41, 5.74) is 1.44. The fourth-order valence-corrected chi connectivity index (χ4v) is 2.12. The third-order valence-corrected chi connectivity index (χ3v) is 2.80. The quantitative estimate of drug-likeness (QED) is 0.719. The van der Waals surface area contributed by atoms with Crippen molar-refractivity contribution in [1.82, 2.24) is 0 Å². The maximum Gasteiger partial charge on any atom is 0.166 e. The molecule has 0 saturated carbocycles. The third kappa shape index (κ3) is 1.66. The first-order chi connectivity index (χ1) is 7.44. The second-order valence-corrected chi connectivity index (χ2v) is 4.72. The third-order valence-electron chi connectivity index (χ3n) is 2.80. The van der Waals surface area contributed by atoms with Crippen molar-refractivity contribution in [2.75, 3.05) is 7.11 Å². The number of hydrogen-bond donors (Lipinski definition) is 0. The Bertz CT molecular complexity index is 447. The number of Topliss-reactive ketones (excluding diaryl/α,β-unsaturated/α-hetero) is 1. The highest BCUT2D eigenvalue weighted by molar-refractivity contribution is 5.96. The number of hydrogen-bond acceptors (Lipinski definition) is 3. The van der Waals surface area contributed by atoms with Crippen molar-refractivity contribution < 1.29 is 14.3 Å². The van der Waals surface area contributed by atoms with E-state index in [1.807, 2.05) is 19.9 Å². The maximum absolute atomic E-state index is 11.5. The van der Waals surface area contributed by atoms with Crippen molar-refractivity contribution in [1.29, 1.82) is 0 Å². The first-order valence-electron chi connectivity index (χ1n) is 5.34. The van der Waals surface area contributed by atoms with Crippen LogP contribution in [-0.4, -0.2) is 18.5 Å². The average molecular weight is 220 g/mol. The normalized spacial score (nSPS) is 16.5. The van der Waals surface area contributed by atoms with Gasteiger partial charge in [0.2, 0.25) is 0 Å². The Kier molecular flexibility index (Phi) is 2.41. The molecule has 0 N–H and O–H groups in total. The second kappa shape index (κ2) is 3.51. The van der Waals surface area contributed by atoms with Gasteiger partial charge >= 0.3 is 0 Å². The summed E-state index contributed by atoms with van der Waals surface area (Å²) in [6.45, 7) is 5.60. The fourth-order valence-electron chi connectivity index (χ4n) is 2.12. The standard InChI is InChI=1S/C13H16O3/c1-8(14)9-5-6-11(15-4)12-10(9)7-13(2,3)16-12/h5-6H,7H2,1-4H3. The molecule has 0 aliphatic carbocycles. The van der Waals surface area contributed by atoms with Crippen LogP contribution in [-0.2, 0) is 6.42 Å². The molecule has 0 bridgehead atoms. The lowest BCUT2D eigenvalue weighted by molar-refractivity contribution is 0.101. The molecule has 3 nitrogen and oxygen atoms in total. The molecule has 2 rings (SSSR count). The van der Waals surface area contributed by atoms with Gasteiger partial charge in [0.1, 0.15) is 5.60 Å². The van der Waals surface area contributed by atoms with Gasteiger partial charge in [0.05, 0.1) is 7.11 Å². The monoisotopic (exact) mass is 220 g/mol. The number of methoxy groups -OCH3 is 1. The van der Waals surface area contributed by atoms with E-state index in [0.717, 1.165) is 23.3 Å². The fraction of sp³-hybridized carbons (Fsp3) is 0.462. The highest BCUT2D eigenvalue weighted by Crippen LogP contribution is 2.43. The minimum atomic E-state index is -0.263. The molecule has 16 heavy (non-hydrogen) atoms. The lowest BCUT2D eigenvalue weighted by Gasteiger charge is -2.17. The van der Waals surface area contributed by atoms with E-state index in [9.17, 15) is 4.79 Å². The molecule has 0 fully saturated rings. The Morgan fingerprint density at radius 1 is 1.44 bits per heavy atom.